The molecule has 4 rings (SSSR count). The first-order valence-corrected chi connectivity index (χ1v) is 8.54. The van der Waals surface area contributed by atoms with Crippen LogP contribution in [0.15, 0.2) is 54.6 Å². The van der Waals surface area contributed by atoms with Gasteiger partial charge in [0.2, 0.25) is 0 Å². The molecule has 0 amide bonds. The van der Waals surface area contributed by atoms with Gasteiger partial charge in [0.15, 0.2) is 0 Å². The molecule has 0 saturated heterocycles. The van der Waals surface area contributed by atoms with E-state index in [0.29, 0.717) is 11.5 Å². The fourth-order valence-corrected chi connectivity index (χ4v) is 3.73. The molecule has 1 N–H and O–H groups in total. The van der Waals surface area contributed by atoms with Crippen molar-refractivity contribution < 1.29 is 9.90 Å². The quantitative estimate of drug-likeness (QED) is 0.715. The number of hydrogen-bond acceptors (Lipinski definition) is 2. The molecule has 1 unspecified atom stereocenters. The molecule has 25 heavy (non-hydrogen) atoms. The zero-order chi connectivity index (χ0) is 17.4. The Morgan fingerprint density at radius 3 is 2.56 bits per heavy atom. The molecule has 0 bridgehead atoms. The number of pyridine rings is 1. The average Bonchev–Trinajstić information content (AvgIpc) is 2.60. The third kappa shape index (κ3) is 2.82. The van der Waals surface area contributed by atoms with Crippen molar-refractivity contribution in [1.82, 2.24) is 4.98 Å². The van der Waals surface area contributed by atoms with Gasteiger partial charge >= 0.3 is 5.97 Å². The van der Waals surface area contributed by atoms with E-state index in [2.05, 4.69) is 25.1 Å². The number of rotatable bonds is 2. The largest absolute Gasteiger partial charge is 0.478 e. The van der Waals surface area contributed by atoms with Crippen molar-refractivity contribution in [2.75, 3.05) is 0 Å². The van der Waals surface area contributed by atoms with Gasteiger partial charge in [-0.2, -0.15) is 0 Å². The van der Waals surface area contributed by atoms with Crippen LogP contribution in [0.5, 0.6) is 0 Å². The van der Waals surface area contributed by atoms with Crippen molar-refractivity contribution in [3.8, 4) is 0 Å². The highest BCUT2D eigenvalue weighted by Crippen LogP contribution is 2.38. The van der Waals surface area contributed by atoms with Gasteiger partial charge in [-0.05, 0) is 47.6 Å². The summed E-state index contributed by atoms with van der Waals surface area (Å²) in [5.41, 5.74) is 5.10. The topological polar surface area (TPSA) is 50.2 Å². The summed E-state index contributed by atoms with van der Waals surface area (Å²) in [7, 11) is 0. The number of carbonyl (C=O) groups is 1. The van der Waals surface area contributed by atoms with Gasteiger partial charge in [0.25, 0.3) is 0 Å². The highest BCUT2D eigenvalue weighted by molar-refractivity contribution is 6.05. The first-order valence-electron chi connectivity index (χ1n) is 8.54. The molecular weight excluding hydrogens is 310 g/mol. The number of nitrogens with zero attached hydrogens (tertiary/aromatic N) is 1. The highest BCUT2D eigenvalue weighted by Gasteiger charge is 2.27. The number of aromatic nitrogens is 1. The second kappa shape index (κ2) is 6.17. The highest BCUT2D eigenvalue weighted by atomic mass is 16.4. The van der Waals surface area contributed by atoms with Gasteiger partial charge in [0.05, 0.1) is 16.8 Å². The van der Waals surface area contributed by atoms with Crippen LogP contribution in [0.3, 0.4) is 0 Å². The first-order chi connectivity index (χ1) is 12.1. The van der Waals surface area contributed by atoms with Gasteiger partial charge in [-0.1, -0.05) is 55.5 Å². The van der Waals surface area contributed by atoms with Crippen LogP contribution in [-0.2, 0) is 6.42 Å². The Balaban J connectivity index is 2.00. The molecule has 1 aliphatic rings. The van der Waals surface area contributed by atoms with E-state index in [1.807, 2.05) is 42.5 Å². The third-order valence-corrected chi connectivity index (χ3v) is 4.77. The molecule has 0 saturated carbocycles. The van der Waals surface area contributed by atoms with Gasteiger partial charge in [-0.25, -0.2) is 9.78 Å². The van der Waals surface area contributed by atoms with E-state index >= 15 is 0 Å². The lowest BCUT2D eigenvalue weighted by Gasteiger charge is -2.26. The van der Waals surface area contributed by atoms with Crippen molar-refractivity contribution in [3.63, 3.8) is 0 Å². The Kier molecular flexibility index (Phi) is 3.85. The lowest BCUT2D eigenvalue weighted by molar-refractivity contribution is 0.0697. The Bertz CT molecular complexity index is 990. The van der Waals surface area contributed by atoms with Crippen LogP contribution >= 0.6 is 0 Å². The maximum Gasteiger partial charge on any atom is 0.336 e. The number of benzene rings is 2. The molecule has 0 aliphatic heterocycles. The van der Waals surface area contributed by atoms with Gasteiger partial charge in [-0.3, -0.25) is 0 Å². The predicted octanol–water partition coefficient (Wildman–Crippen LogP) is 5.06. The zero-order valence-electron chi connectivity index (χ0n) is 14.1. The molecular formula is C22H19NO2. The molecule has 0 spiro atoms. The minimum absolute atomic E-state index is 0.392. The van der Waals surface area contributed by atoms with Crippen molar-refractivity contribution in [3.05, 3.63) is 77.0 Å². The summed E-state index contributed by atoms with van der Waals surface area (Å²) in [5, 5.41) is 10.6. The van der Waals surface area contributed by atoms with Crippen LogP contribution in [0.2, 0.25) is 0 Å². The average molecular weight is 329 g/mol. The Morgan fingerprint density at radius 2 is 1.80 bits per heavy atom. The number of aromatic carboxylic acids is 1. The Labute approximate surface area is 146 Å². The number of hydrogen-bond donors (Lipinski definition) is 1. The predicted molar refractivity (Wildman–Crippen MR) is 101 cm³/mol. The summed E-state index contributed by atoms with van der Waals surface area (Å²) in [5.74, 6) is -0.480. The molecule has 3 heteroatoms. The van der Waals surface area contributed by atoms with E-state index in [0.717, 1.165) is 46.1 Å². The summed E-state index contributed by atoms with van der Waals surface area (Å²) < 4.78 is 0. The lowest BCUT2D eigenvalue weighted by Crippen LogP contribution is -2.17. The van der Waals surface area contributed by atoms with E-state index in [-0.39, 0.29) is 0 Å². The minimum atomic E-state index is -0.872. The van der Waals surface area contributed by atoms with Crippen LogP contribution < -0.4 is 0 Å². The number of carboxylic acid groups (broad SMARTS) is 1. The molecule has 1 aliphatic carbocycles. The zero-order valence-corrected chi connectivity index (χ0v) is 14.1. The number of allylic oxidation sites excluding steroid dienone is 1. The van der Waals surface area contributed by atoms with E-state index in [1.165, 1.54) is 0 Å². The van der Waals surface area contributed by atoms with Gasteiger partial charge in [0.1, 0.15) is 0 Å². The Morgan fingerprint density at radius 1 is 1.08 bits per heavy atom. The van der Waals surface area contributed by atoms with E-state index in [1.54, 1.807) is 0 Å². The molecule has 1 heterocycles. The lowest BCUT2D eigenvalue weighted by atomic mass is 9.80. The molecule has 124 valence electrons. The van der Waals surface area contributed by atoms with Crippen LogP contribution in [0.1, 0.15) is 40.5 Å². The van der Waals surface area contributed by atoms with Crippen molar-refractivity contribution >= 4 is 28.5 Å². The number of carboxylic acids is 1. The normalized spacial score (nSPS) is 18.3. The van der Waals surface area contributed by atoms with Crippen molar-refractivity contribution in [2.24, 2.45) is 5.92 Å². The minimum Gasteiger partial charge on any atom is -0.478 e. The molecule has 1 atom stereocenters. The number of para-hydroxylation sites is 1. The van der Waals surface area contributed by atoms with Crippen molar-refractivity contribution in [2.45, 2.75) is 19.8 Å². The summed E-state index contributed by atoms with van der Waals surface area (Å²) in [6.45, 7) is 2.17. The maximum absolute atomic E-state index is 12.0. The molecule has 1 aromatic heterocycles. The smallest absolute Gasteiger partial charge is 0.336 e. The third-order valence-electron chi connectivity index (χ3n) is 4.77. The fourth-order valence-electron chi connectivity index (χ4n) is 3.73. The molecule has 3 nitrogen and oxygen atoms in total. The monoisotopic (exact) mass is 329 g/mol. The van der Waals surface area contributed by atoms with E-state index in [4.69, 9.17) is 4.98 Å². The second-order valence-electron chi connectivity index (χ2n) is 6.73. The SMILES string of the molecule is CC1C/C(=C\c2ccccc2)c2nc3ccccc3c(C(=O)O)c2C1. The van der Waals surface area contributed by atoms with Gasteiger partial charge < -0.3 is 5.11 Å². The first kappa shape index (κ1) is 15.6. The number of fused-ring (bicyclic) bond motifs is 2. The molecule has 3 aromatic rings. The maximum atomic E-state index is 12.0. The van der Waals surface area contributed by atoms with E-state index in [9.17, 15) is 9.90 Å². The Hall–Kier alpha value is -2.94. The van der Waals surface area contributed by atoms with Gasteiger partial charge in [0, 0.05) is 5.39 Å². The van der Waals surface area contributed by atoms with Crippen LogP contribution in [0.25, 0.3) is 22.6 Å². The summed E-state index contributed by atoms with van der Waals surface area (Å²) in [4.78, 5) is 16.9. The molecule has 0 radical (unpaired) electrons. The van der Waals surface area contributed by atoms with Gasteiger partial charge in [-0.15, -0.1) is 0 Å². The molecule has 0 fully saturated rings. The van der Waals surface area contributed by atoms with Crippen LogP contribution in [-0.4, -0.2) is 16.1 Å². The summed E-state index contributed by atoms with van der Waals surface area (Å²) >= 11 is 0. The van der Waals surface area contributed by atoms with Crippen molar-refractivity contribution in [1.29, 1.82) is 0 Å². The molecule has 2 aromatic carbocycles. The van der Waals surface area contributed by atoms with Crippen LogP contribution in [0, 0.1) is 5.92 Å². The van der Waals surface area contributed by atoms with Crippen LogP contribution in [0.4, 0.5) is 0 Å². The summed E-state index contributed by atoms with van der Waals surface area (Å²) in [6, 6.07) is 17.7. The fraction of sp³-hybridized carbons (Fsp3) is 0.182. The summed E-state index contributed by atoms with van der Waals surface area (Å²) in [6.07, 6.45) is 3.80. The second-order valence-corrected chi connectivity index (χ2v) is 6.73. The van der Waals surface area contributed by atoms with E-state index < -0.39 is 5.97 Å². The standard InChI is InChI=1S/C22H19NO2/c1-14-11-16(13-15-7-3-2-4-8-15)21-18(12-14)20(22(24)25)17-9-5-6-10-19(17)23-21/h2-10,13-14H,11-12H2,1H3,(H,24,25)/b16-13+.